The van der Waals surface area contributed by atoms with Crippen LogP contribution >= 0.6 is 0 Å². The van der Waals surface area contributed by atoms with E-state index in [0.717, 1.165) is 11.4 Å². The zero-order valence-corrected chi connectivity index (χ0v) is 9.62. The van der Waals surface area contributed by atoms with Crippen LogP contribution in [0.3, 0.4) is 0 Å². The number of hydrogen-bond acceptors (Lipinski definition) is 3. The van der Waals surface area contributed by atoms with Crippen LogP contribution < -0.4 is 16.5 Å². The fraction of sp³-hybridized carbons (Fsp3) is 0.455. The van der Waals surface area contributed by atoms with Gasteiger partial charge in [0.2, 0.25) is 5.91 Å². The predicted octanol–water partition coefficient (Wildman–Crippen LogP) is -0.460. The fourth-order valence-electron chi connectivity index (χ4n) is 1.55. The number of amides is 1. The number of carbonyl (C=O) groups is 1. The van der Waals surface area contributed by atoms with Crippen LogP contribution in [0, 0.1) is 13.8 Å². The highest BCUT2D eigenvalue weighted by atomic mass is 16.2. The largest absolute Gasteiger partial charge is 0.353 e. The number of rotatable bonds is 4. The number of aromatic nitrogens is 1. The third-order valence-corrected chi connectivity index (χ3v) is 2.32. The summed E-state index contributed by atoms with van der Waals surface area (Å²) in [7, 11) is 0. The first-order valence-electron chi connectivity index (χ1n) is 5.19. The van der Waals surface area contributed by atoms with E-state index in [4.69, 9.17) is 5.73 Å². The molecule has 0 saturated carbocycles. The molecule has 1 rings (SSSR count). The second-order valence-electron chi connectivity index (χ2n) is 3.70. The van der Waals surface area contributed by atoms with E-state index in [-0.39, 0.29) is 17.9 Å². The summed E-state index contributed by atoms with van der Waals surface area (Å²) in [5.41, 5.74) is 6.82. The van der Waals surface area contributed by atoms with Crippen molar-refractivity contribution in [1.29, 1.82) is 0 Å². The van der Waals surface area contributed by atoms with Crippen LogP contribution in [0.15, 0.2) is 16.9 Å². The Morgan fingerprint density at radius 3 is 2.44 bits per heavy atom. The first kappa shape index (κ1) is 12.4. The molecule has 0 saturated heterocycles. The molecule has 0 aliphatic heterocycles. The normalized spacial score (nSPS) is 10.2. The molecule has 88 valence electrons. The lowest BCUT2D eigenvalue weighted by atomic mass is 10.3. The van der Waals surface area contributed by atoms with E-state index >= 15 is 0 Å². The molecule has 16 heavy (non-hydrogen) atoms. The molecule has 0 spiro atoms. The van der Waals surface area contributed by atoms with Gasteiger partial charge >= 0.3 is 0 Å². The van der Waals surface area contributed by atoms with E-state index in [1.165, 1.54) is 12.1 Å². The van der Waals surface area contributed by atoms with Gasteiger partial charge in [-0.3, -0.25) is 9.59 Å². The average molecular weight is 223 g/mol. The highest BCUT2D eigenvalue weighted by Crippen LogP contribution is 2.00. The van der Waals surface area contributed by atoms with Crippen LogP contribution in [0.2, 0.25) is 0 Å². The van der Waals surface area contributed by atoms with Crippen LogP contribution in [0.5, 0.6) is 0 Å². The Bertz CT molecular complexity index is 411. The zero-order chi connectivity index (χ0) is 12.1. The molecular formula is C11H17N3O2. The van der Waals surface area contributed by atoms with E-state index in [2.05, 4.69) is 5.32 Å². The van der Waals surface area contributed by atoms with Gasteiger partial charge in [0.25, 0.3) is 0 Å². The standard InChI is InChI=1S/C11H17N3O2/c1-8-5-10(15)6-9(2)14(8)7-11(16)13-4-3-12/h5-6H,3-4,7,12H2,1-2H3,(H,13,16). The van der Waals surface area contributed by atoms with Gasteiger partial charge in [0.1, 0.15) is 6.54 Å². The van der Waals surface area contributed by atoms with Crippen molar-refractivity contribution in [2.45, 2.75) is 20.4 Å². The third kappa shape index (κ3) is 3.20. The lowest BCUT2D eigenvalue weighted by molar-refractivity contribution is -0.121. The molecule has 0 fully saturated rings. The Morgan fingerprint density at radius 2 is 1.94 bits per heavy atom. The van der Waals surface area contributed by atoms with Crippen LogP contribution in [-0.4, -0.2) is 23.6 Å². The maximum atomic E-state index is 11.5. The van der Waals surface area contributed by atoms with Gasteiger partial charge in [-0.2, -0.15) is 0 Å². The molecule has 0 unspecified atom stereocenters. The van der Waals surface area contributed by atoms with Crippen molar-refractivity contribution in [2.75, 3.05) is 13.1 Å². The Hall–Kier alpha value is -1.62. The van der Waals surface area contributed by atoms with Gasteiger partial charge in [0, 0.05) is 36.6 Å². The number of pyridine rings is 1. The van der Waals surface area contributed by atoms with Crippen molar-refractivity contribution in [2.24, 2.45) is 5.73 Å². The molecule has 1 heterocycles. The van der Waals surface area contributed by atoms with Gasteiger partial charge < -0.3 is 15.6 Å². The molecule has 0 aliphatic rings. The molecule has 1 amide bonds. The van der Waals surface area contributed by atoms with E-state index in [9.17, 15) is 9.59 Å². The molecule has 0 atom stereocenters. The number of aryl methyl sites for hydroxylation is 2. The molecule has 3 N–H and O–H groups in total. The summed E-state index contributed by atoms with van der Waals surface area (Å²) in [5, 5.41) is 2.69. The van der Waals surface area contributed by atoms with E-state index in [0.29, 0.717) is 13.1 Å². The second-order valence-corrected chi connectivity index (χ2v) is 3.70. The average Bonchev–Trinajstić information content (AvgIpc) is 2.20. The minimum atomic E-state index is -0.0969. The minimum absolute atomic E-state index is 0.0337. The van der Waals surface area contributed by atoms with Crippen LogP contribution in [0.4, 0.5) is 0 Å². The Labute approximate surface area is 94.3 Å². The molecule has 1 aromatic rings. The van der Waals surface area contributed by atoms with Crippen LogP contribution in [0.1, 0.15) is 11.4 Å². The summed E-state index contributed by atoms with van der Waals surface area (Å²) < 4.78 is 1.80. The van der Waals surface area contributed by atoms with Crippen molar-refractivity contribution in [3.63, 3.8) is 0 Å². The lowest BCUT2D eigenvalue weighted by Gasteiger charge is -2.13. The summed E-state index contributed by atoms with van der Waals surface area (Å²) in [4.78, 5) is 22.7. The Morgan fingerprint density at radius 1 is 1.38 bits per heavy atom. The van der Waals surface area contributed by atoms with Gasteiger partial charge in [0.15, 0.2) is 5.43 Å². The highest BCUT2D eigenvalue weighted by molar-refractivity contribution is 5.75. The summed E-state index contributed by atoms with van der Waals surface area (Å²) in [5.74, 6) is -0.0969. The molecule has 5 nitrogen and oxygen atoms in total. The summed E-state index contributed by atoms with van der Waals surface area (Å²) in [6.45, 7) is 4.73. The summed E-state index contributed by atoms with van der Waals surface area (Å²) in [6.07, 6.45) is 0. The van der Waals surface area contributed by atoms with Crippen molar-refractivity contribution in [3.05, 3.63) is 33.7 Å². The van der Waals surface area contributed by atoms with E-state index < -0.39 is 0 Å². The van der Waals surface area contributed by atoms with E-state index in [1.54, 1.807) is 4.57 Å². The van der Waals surface area contributed by atoms with Gasteiger partial charge in [0.05, 0.1) is 0 Å². The quantitative estimate of drug-likeness (QED) is 0.725. The van der Waals surface area contributed by atoms with Crippen molar-refractivity contribution in [1.82, 2.24) is 9.88 Å². The zero-order valence-electron chi connectivity index (χ0n) is 9.62. The van der Waals surface area contributed by atoms with Crippen molar-refractivity contribution >= 4 is 5.91 Å². The Balaban J connectivity index is 2.81. The van der Waals surface area contributed by atoms with Crippen molar-refractivity contribution in [3.8, 4) is 0 Å². The fourth-order valence-corrected chi connectivity index (χ4v) is 1.55. The number of nitrogens with zero attached hydrogens (tertiary/aromatic N) is 1. The molecule has 0 aromatic carbocycles. The number of nitrogens with one attached hydrogen (secondary N) is 1. The van der Waals surface area contributed by atoms with E-state index in [1.807, 2.05) is 13.8 Å². The molecule has 0 aliphatic carbocycles. The smallest absolute Gasteiger partial charge is 0.239 e. The maximum Gasteiger partial charge on any atom is 0.239 e. The first-order valence-corrected chi connectivity index (χ1v) is 5.19. The van der Waals surface area contributed by atoms with Gasteiger partial charge in [-0.1, -0.05) is 0 Å². The summed E-state index contributed by atoms with van der Waals surface area (Å²) in [6, 6.07) is 3.03. The third-order valence-electron chi connectivity index (χ3n) is 2.32. The predicted molar refractivity (Wildman–Crippen MR) is 62.2 cm³/mol. The van der Waals surface area contributed by atoms with Gasteiger partial charge in [-0.05, 0) is 13.8 Å². The number of carbonyl (C=O) groups excluding carboxylic acids is 1. The number of hydrogen-bond donors (Lipinski definition) is 2. The summed E-state index contributed by atoms with van der Waals surface area (Å²) >= 11 is 0. The monoisotopic (exact) mass is 223 g/mol. The lowest BCUT2D eigenvalue weighted by Crippen LogP contribution is -2.33. The van der Waals surface area contributed by atoms with Gasteiger partial charge in [-0.25, -0.2) is 0 Å². The molecule has 5 heteroatoms. The topological polar surface area (TPSA) is 77.1 Å². The van der Waals surface area contributed by atoms with Crippen molar-refractivity contribution < 1.29 is 4.79 Å². The molecule has 0 bridgehead atoms. The second kappa shape index (κ2) is 5.46. The highest BCUT2D eigenvalue weighted by Gasteiger charge is 2.06. The molecule has 0 radical (unpaired) electrons. The maximum absolute atomic E-state index is 11.5. The van der Waals surface area contributed by atoms with Crippen LogP contribution in [0.25, 0.3) is 0 Å². The minimum Gasteiger partial charge on any atom is -0.353 e. The Kier molecular flexibility index (Phi) is 4.25. The van der Waals surface area contributed by atoms with Gasteiger partial charge in [-0.15, -0.1) is 0 Å². The van der Waals surface area contributed by atoms with Crippen LogP contribution in [-0.2, 0) is 11.3 Å². The first-order chi connectivity index (χ1) is 7.54. The SMILES string of the molecule is Cc1cc(=O)cc(C)n1CC(=O)NCCN. The molecule has 1 aromatic heterocycles. The number of nitrogens with two attached hydrogens (primary N) is 1. The molecular weight excluding hydrogens is 206 g/mol.